The number of rotatable bonds is 4. The minimum absolute atomic E-state index is 0.158. The van der Waals surface area contributed by atoms with Gasteiger partial charge in [0.2, 0.25) is 0 Å². The van der Waals surface area contributed by atoms with E-state index in [2.05, 4.69) is 27.8 Å². The van der Waals surface area contributed by atoms with Crippen molar-refractivity contribution in [1.29, 1.82) is 5.26 Å². The standard InChI is InChI=1S/C13H10BrFN2O/c1-2-5-17-13(18)10(8-16)6-9-7-11(14)3-4-12(9)15/h2-4,6-7H,1,5H2,(H,17,18)/b10-6+. The monoisotopic (exact) mass is 308 g/mol. The Bertz CT molecular complexity index is 546. The predicted octanol–water partition coefficient (Wildman–Crippen LogP) is 2.80. The van der Waals surface area contributed by atoms with E-state index in [0.717, 1.165) is 0 Å². The maximum atomic E-state index is 13.5. The Balaban J connectivity index is 3.04. The van der Waals surface area contributed by atoms with Gasteiger partial charge in [-0.2, -0.15) is 5.26 Å². The van der Waals surface area contributed by atoms with Gasteiger partial charge in [-0.15, -0.1) is 6.58 Å². The van der Waals surface area contributed by atoms with Crippen LogP contribution in [0.15, 0.2) is 40.9 Å². The molecule has 1 aromatic rings. The van der Waals surface area contributed by atoms with E-state index >= 15 is 0 Å². The van der Waals surface area contributed by atoms with E-state index in [1.165, 1.54) is 30.4 Å². The molecule has 0 spiro atoms. The van der Waals surface area contributed by atoms with E-state index in [1.807, 2.05) is 0 Å². The number of hydrogen-bond acceptors (Lipinski definition) is 2. The number of nitrogens with zero attached hydrogens (tertiary/aromatic N) is 1. The summed E-state index contributed by atoms with van der Waals surface area (Å²) in [6.45, 7) is 3.69. The molecule has 0 unspecified atom stereocenters. The van der Waals surface area contributed by atoms with Crippen LogP contribution < -0.4 is 5.32 Å². The van der Waals surface area contributed by atoms with Crippen LogP contribution in [0.2, 0.25) is 0 Å². The van der Waals surface area contributed by atoms with Gasteiger partial charge in [0.05, 0.1) is 0 Å². The molecule has 0 saturated heterocycles. The Hall–Kier alpha value is -1.93. The van der Waals surface area contributed by atoms with Crippen molar-refractivity contribution in [2.75, 3.05) is 6.54 Å². The van der Waals surface area contributed by atoms with Gasteiger partial charge in [-0.25, -0.2) is 4.39 Å². The number of carbonyl (C=O) groups excluding carboxylic acids is 1. The van der Waals surface area contributed by atoms with Gasteiger partial charge < -0.3 is 5.32 Å². The van der Waals surface area contributed by atoms with Crippen LogP contribution in [0.4, 0.5) is 4.39 Å². The summed E-state index contributed by atoms with van der Waals surface area (Å²) in [7, 11) is 0. The quantitative estimate of drug-likeness (QED) is 0.528. The smallest absolute Gasteiger partial charge is 0.262 e. The number of nitrogens with one attached hydrogen (secondary N) is 1. The zero-order valence-corrected chi connectivity index (χ0v) is 11.0. The zero-order valence-electron chi connectivity index (χ0n) is 9.41. The first-order chi connectivity index (χ1) is 8.58. The zero-order chi connectivity index (χ0) is 13.5. The molecule has 0 aliphatic carbocycles. The topological polar surface area (TPSA) is 52.9 Å². The first-order valence-corrected chi connectivity index (χ1v) is 5.83. The summed E-state index contributed by atoms with van der Waals surface area (Å²) in [5.74, 6) is -1.06. The Kier molecular flexibility index (Phi) is 5.28. The molecule has 1 aromatic carbocycles. The summed E-state index contributed by atoms with van der Waals surface area (Å²) in [4.78, 5) is 11.5. The van der Waals surface area contributed by atoms with Crippen LogP contribution in [0.5, 0.6) is 0 Å². The molecule has 0 saturated carbocycles. The number of nitriles is 1. The van der Waals surface area contributed by atoms with E-state index in [-0.39, 0.29) is 17.7 Å². The Labute approximate surface area is 113 Å². The fraction of sp³-hybridized carbons (Fsp3) is 0.0769. The minimum atomic E-state index is -0.559. The maximum absolute atomic E-state index is 13.5. The van der Waals surface area contributed by atoms with Crippen LogP contribution in [-0.2, 0) is 4.79 Å². The largest absolute Gasteiger partial charge is 0.348 e. The fourth-order valence-electron chi connectivity index (χ4n) is 1.19. The average molecular weight is 309 g/mol. The summed E-state index contributed by atoms with van der Waals surface area (Å²) >= 11 is 3.19. The highest BCUT2D eigenvalue weighted by Gasteiger charge is 2.09. The Morgan fingerprint density at radius 1 is 1.61 bits per heavy atom. The molecule has 0 bridgehead atoms. The summed E-state index contributed by atoms with van der Waals surface area (Å²) in [5, 5.41) is 11.3. The third kappa shape index (κ3) is 3.82. The summed E-state index contributed by atoms with van der Waals surface area (Å²) < 4.78 is 14.1. The second kappa shape index (κ2) is 6.72. The molecular formula is C13H10BrFN2O. The van der Waals surface area contributed by atoms with E-state index in [0.29, 0.717) is 4.47 Å². The lowest BCUT2D eigenvalue weighted by Gasteiger charge is -2.02. The van der Waals surface area contributed by atoms with Gasteiger partial charge in [-0.05, 0) is 24.3 Å². The molecule has 0 atom stereocenters. The molecule has 5 heteroatoms. The number of halogens is 2. The average Bonchev–Trinajstić information content (AvgIpc) is 2.36. The van der Waals surface area contributed by atoms with Crippen LogP contribution in [0.25, 0.3) is 6.08 Å². The molecule has 0 aliphatic heterocycles. The van der Waals surface area contributed by atoms with Crippen molar-refractivity contribution in [2.24, 2.45) is 0 Å². The van der Waals surface area contributed by atoms with Gasteiger partial charge in [-0.3, -0.25) is 4.79 Å². The van der Waals surface area contributed by atoms with Crippen molar-refractivity contribution in [3.8, 4) is 6.07 Å². The molecule has 1 rings (SSSR count). The second-order valence-corrected chi connectivity index (χ2v) is 4.25. The molecule has 0 fully saturated rings. The number of carbonyl (C=O) groups is 1. The maximum Gasteiger partial charge on any atom is 0.262 e. The van der Waals surface area contributed by atoms with Gasteiger partial charge in [-0.1, -0.05) is 22.0 Å². The number of amides is 1. The second-order valence-electron chi connectivity index (χ2n) is 3.33. The highest BCUT2D eigenvalue weighted by atomic mass is 79.9. The summed E-state index contributed by atoms with van der Waals surface area (Å²) in [6, 6.07) is 6.03. The van der Waals surface area contributed by atoms with Gasteiger partial charge in [0.25, 0.3) is 5.91 Å². The molecule has 0 aliphatic rings. The van der Waals surface area contributed by atoms with E-state index in [1.54, 1.807) is 6.07 Å². The van der Waals surface area contributed by atoms with Gasteiger partial charge in [0.15, 0.2) is 0 Å². The number of benzene rings is 1. The molecular weight excluding hydrogens is 299 g/mol. The fourth-order valence-corrected chi connectivity index (χ4v) is 1.57. The van der Waals surface area contributed by atoms with Crippen molar-refractivity contribution < 1.29 is 9.18 Å². The molecule has 1 N–H and O–H groups in total. The first-order valence-electron chi connectivity index (χ1n) is 5.04. The Morgan fingerprint density at radius 2 is 2.33 bits per heavy atom. The first kappa shape index (κ1) is 14.1. The van der Waals surface area contributed by atoms with Crippen molar-refractivity contribution in [2.45, 2.75) is 0 Å². The molecule has 0 aromatic heterocycles. The van der Waals surface area contributed by atoms with Crippen molar-refractivity contribution in [3.63, 3.8) is 0 Å². The third-order valence-corrected chi connectivity index (χ3v) is 2.52. The van der Waals surface area contributed by atoms with E-state index in [4.69, 9.17) is 5.26 Å². The van der Waals surface area contributed by atoms with Crippen LogP contribution in [0.3, 0.4) is 0 Å². The molecule has 0 heterocycles. The lowest BCUT2D eigenvalue weighted by Crippen LogP contribution is -2.24. The van der Waals surface area contributed by atoms with Crippen molar-refractivity contribution in [1.82, 2.24) is 5.32 Å². The Morgan fingerprint density at radius 3 is 2.94 bits per heavy atom. The van der Waals surface area contributed by atoms with Crippen LogP contribution >= 0.6 is 15.9 Å². The molecule has 18 heavy (non-hydrogen) atoms. The highest BCUT2D eigenvalue weighted by molar-refractivity contribution is 9.10. The van der Waals surface area contributed by atoms with Gasteiger partial charge in [0, 0.05) is 16.6 Å². The molecule has 92 valence electrons. The van der Waals surface area contributed by atoms with Crippen LogP contribution in [0.1, 0.15) is 5.56 Å². The van der Waals surface area contributed by atoms with Crippen LogP contribution in [-0.4, -0.2) is 12.5 Å². The van der Waals surface area contributed by atoms with Crippen LogP contribution in [0, 0.1) is 17.1 Å². The van der Waals surface area contributed by atoms with Crippen molar-refractivity contribution >= 4 is 27.9 Å². The van der Waals surface area contributed by atoms with Gasteiger partial charge in [0.1, 0.15) is 17.5 Å². The minimum Gasteiger partial charge on any atom is -0.348 e. The highest BCUT2D eigenvalue weighted by Crippen LogP contribution is 2.18. The van der Waals surface area contributed by atoms with E-state index in [9.17, 15) is 9.18 Å². The number of hydrogen-bond donors (Lipinski definition) is 1. The summed E-state index contributed by atoms with van der Waals surface area (Å²) in [5.41, 5.74) is 0.0172. The SMILES string of the molecule is C=CCNC(=O)/C(C#N)=C/c1cc(Br)ccc1F. The molecule has 3 nitrogen and oxygen atoms in total. The van der Waals surface area contributed by atoms with E-state index < -0.39 is 11.7 Å². The molecule has 0 radical (unpaired) electrons. The lowest BCUT2D eigenvalue weighted by molar-refractivity contribution is -0.116. The summed E-state index contributed by atoms with van der Waals surface area (Å²) in [6.07, 6.45) is 2.70. The molecule has 1 amide bonds. The third-order valence-electron chi connectivity index (χ3n) is 2.03. The van der Waals surface area contributed by atoms with Gasteiger partial charge >= 0.3 is 0 Å². The predicted molar refractivity (Wildman–Crippen MR) is 70.9 cm³/mol. The normalized spacial score (nSPS) is 10.6. The lowest BCUT2D eigenvalue weighted by atomic mass is 10.1. The van der Waals surface area contributed by atoms with Crippen molar-refractivity contribution in [3.05, 3.63) is 52.3 Å².